The van der Waals surface area contributed by atoms with Crippen LogP contribution >= 0.6 is 23.1 Å². The molecule has 1 aliphatic rings. The number of carbonyl (C=O) groups excluding carboxylic acids is 2. The number of rotatable bonds is 6. The average Bonchev–Trinajstić information content (AvgIpc) is 3.29. The summed E-state index contributed by atoms with van der Waals surface area (Å²) in [6.07, 6.45) is 4.49. The van der Waals surface area contributed by atoms with E-state index in [4.69, 9.17) is 5.73 Å². The van der Waals surface area contributed by atoms with E-state index >= 15 is 0 Å². The number of benzene rings is 1. The summed E-state index contributed by atoms with van der Waals surface area (Å²) in [4.78, 5) is 33.2. The van der Waals surface area contributed by atoms with Crippen molar-refractivity contribution in [2.45, 2.75) is 6.92 Å². The van der Waals surface area contributed by atoms with Crippen LogP contribution in [0.25, 0.3) is 16.2 Å². The third kappa shape index (κ3) is 4.34. The summed E-state index contributed by atoms with van der Waals surface area (Å²) in [7, 11) is 0. The monoisotopic (exact) mass is 438 g/mol. The molecule has 0 bridgehead atoms. The lowest BCUT2D eigenvalue weighted by atomic mass is 10.1. The van der Waals surface area contributed by atoms with Crippen molar-refractivity contribution in [1.29, 1.82) is 0 Å². The average molecular weight is 439 g/mol. The number of hydrogen-bond acceptors (Lipinski definition) is 8. The number of thioether (sulfide) groups is 1. The fourth-order valence-corrected chi connectivity index (χ4v) is 4.40. The largest absolute Gasteiger partial charge is 0.399 e. The topological polar surface area (TPSA) is 115 Å². The van der Waals surface area contributed by atoms with E-state index in [2.05, 4.69) is 20.4 Å². The lowest BCUT2D eigenvalue weighted by Gasteiger charge is -2.11. The predicted molar refractivity (Wildman–Crippen MR) is 122 cm³/mol. The summed E-state index contributed by atoms with van der Waals surface area (Å²) in [5, 5.41) is 7.76. The summed E-state index contributed by atoms with van der Waals surface area (Å²) >= 11 is 2.92. The summed E-state index contributed by atoms with van der Waals surface area (Å²) in [6, 6.07) is 7.53. The molecule has 1 aliphatic carbocycles. The van der Waals surface area contributed by atoms with Gasteiger partial charge in [-0.25, -0.2) is 9.98 Å². The molecule has 10 heteroatoms. The van der Waals surface area contributed by atoms with Crippen LogP contribution in [0.5, 0.6) is 0 Å². The lowest BCUT2D eigenvalue weighted by Crippen LogP contribution is -2.11. The van der Waals surface area contributed by atoms with E-state index in [0.717, 1.165) is 22.0 Å². The Morgan fingerprint density at radius 1 is 1.30 bits per heavy atom. The van der Waals surface area contributed by atoms with Crippen LogP contribution in [0.4, 0.5) is 11.5 Å². The van der Waals surface area contributed by atoms with Gasteiger partial charge in [0.15, 0.2) is 11.6 Å². The molecular weight excluding hydrogens is 420 g/mol. The number of aromatic nitrogens is 3. The Bertz CT molecular complexity index is 1200. The van der Waals surface area contributed by atoms with Gasteiger partial charge in [0.2, 0.25) is 10.9 Å². The molecule has 3 aromatic rings. The second kappa shape index (κ2) is 8.64. The van der Waals surface area contributed by atoms with Crippen molar-refractivity contribution in [2.75, 3.05) is 23.3 Å². The van der Waals surface area contributed by atoms with Gasteiger partial charge in [-0.2, -0.15) is 9.61 Å². The zero-order chi connectivity index (χ0) is 21.1. The highest BCUT2D eigenvalue weighted by atomic mass is 32.2. The Labute approximate surface area is 180 Å². The number of anilines is 2. The van der Waals surface area contributed by atoms with E-state index in [1.54, 1.807) is 16.1 Å². The molecule has 0 saturated carbocycles. The van der Waals surface area contributed by atoms with Gasteiger partial charge in [0.1, 0.15) is 11.2 Å². The first kappa shape index (κ1) is 20.0. The molecule has 8 nitrogen and oxygen atoms in total. The Kier molecular flexibility index (Phi) is 5.77. The number of imidazole rings is 1. The number of ketones is 1. The summed E-state index contributed by atoms with van der Waals surface area (Å²) in [5.74, 6) is 1.04. The van der Waals surface area contributed by atoms with Gasteiger partial charge < -0.3 is 11.1 Å². The minimum atomic E-state index is -0.299. The number of amides is 1. The highest BCUT2D eigenvalue weighted by Gasteiger charge is 2.17. The smallest absolute Gasteiger partial charge is 0.243 e. The molecule has 2 aromatic heterocycles. The molecule has 0 atom stereocenters. The maximum absolute atomic E-state index is 11.7. The van der Waals surface area contributed by atoms with Crippen molar-refractivity contribution < 1.29 is 9.59 Å². The highest BCUT2D eigenvalue weighted by molar-refractivity contribution is 8.04. The molecule has 1 aromatic carbocycles. The molecule has 3 N–H and O–H groups in total. The fraction of sp³-hybridized carbons (Fsp3) is 0.150. The number of aliphatic imine (C=N–C) groups is 1. The number of carbonyl (C=O) groups is 2. The highest BCUT2D eigenvalue weighted by Crippen LogP contribution is 2.30. The number of fused-ring (bicyclic) bond motifs is 1. The third-order valence-electron chi connectivity index (χ3n) is 4.19. The maximum atomic E-state index is 11.7. The molecule has 1 amide bonds. The summed E-state index contributed by atoms with van der Waals surface area (Å²) in [6.45, 7) is 1.99. The number of allylic oxidation sites excluding steroid dienone is 4. The van der Waals surface area contributed by atoms with E-state index in [9.17, 15) is 9.59 Å². The van der Waals surface area contributed by atoms with Crippen LogP contribution in [0.15, 0.2) is 57.9 Å². The molecule has 152 valence electrons. The zero-order valence-electron chi connectivity index (χ0n) is 16.0. The van der Waals surface area contributed by atoms with Gasteiger partial charge in [-0.1, -0.05) is 23.5 Å². The van der Waals surface area contributed by atoms with Gasteiger partial charge in [0.05, 0.1) is 5.71 Å². The molecule has 2 heterocycles. The number of nitrogen functional groups attached to an aromatic ring is 1. The number of nitrogens with zero attached hydrogens (tertiary/aromatic N) is 4. The SMILES string of the molecule is CC(=O)N=C1C=CC(=O)C=C1SCCNc1c(-c2ccc(N)cc2)nc2scnn12. The summed E-state index contributed by atoms with van der Waals surface area (Å²) < 4.78 is 1.77. The molecule has 0 aliphatic heterocycles. The van der Waals surface area contributed by atoms with Gasteiger partial charge in [-0.05, 0) is 24.3 Å². The standard InChI is InChI=1S/C20H18N6O2S2/c1-12(27)24-16-7-6-15(28)10-17(16)29-9-8-22-19-18(13-2-4-14(21)5-3-13)25-20-26(19)23-11-30-20/h2-7,10-11,22H,8-9,21H2,1H3. The van der Waals surface area contributed by atoms with Gasteiger partial charge >= 0.3 is 0 Å². The minimum absolute atomic E-state index is 0.112. The molecule has 0 fully saturated rings. The van der Waals surface area contributed by atoms with E-state index in [1.807, 2.05) is 24.3 Å². The van der Waals surface area contributed by atoms with Crippen molar-refractivity contribution in [3.8, 4) is 11.3 Å². The Morgan fingerprint density at radius 3 is 2.87 bits per heavy atom. The van der Waals surface area contributed by atoms with Crippen molar-refractivity contribution in [3.05, 3.63) is 52.9 Å². The van der Waals surface area contributed by atoms with Crippen LogP contribution in [0.2, 0.25) is 0 Å². The van der Waals surface area contributed by atoms with Crippen molar-refractivity contribution in [1.82, 2.24) is 14.6 Å². The van der Waals surface area contributed by atoms with E-state index in [0.29, 0.717) is 28.6 Å². The molecular formula is C20H18N6O2S2. The lowest BCUT2D eigenvalue weighted by molar-refractivity contribution is -0.115. The van der Waals surface area contributed by atoms with Crippen LogP contribution in [0.3, 0.4) is 0 Å². The van der Waals surface area contributed by atoms with Gasteiger partial charge in [-0.3, -0.25) is 9.59 Å². The van der Waals surface area contributed by atoms with Crippen LogP contribution in [0.1, 0.15) is 6.92 Å². The van der Waals surface area contributed by atoms with Gasteiger partial charge in [0, 0.05) is 41.5 Å². The molecule has 30 heavy (non-hydrogen) atoms. The third-order valence-corrected chi connectivity index (χ3v) is 5.91. The first-order valence-electron chi connectivity index (χ1n) is 9.09. The van der Waals surface area contributed by atoms with E-state index in [-0.39, 0.29) is 11.7 Å². The Balaban J connectivity index is 1.48. The van der Waals surface area contributed by atoms with Crippen LogP contribution in [0, 0.1) is 0 Å². The quantitative estimate of drug-likeness (QED) is 0.345. The van der Waals surface area contributed by atoms with Gasteiger partial charge in [-0.15, -0.1) is 11.8 Å². The number of nitrogens with two attached hydrogens (primary N) is 1. The Morgan fingerprint density at radius 2 is 2.10 bits per heavy atom. The first-order valence-corrected chi connectivity index (χ1v) is 11.0. The van der Waals surface area contributed by atoms with Crippen LogP contribution in [-0.2, 0) is 9.59 Å². The molecule has 4 rings (SSSR count). The molecule has 0 unspecified atom stereocenters. The first-order chi connectivity index (χ1) is 14.5. The molecule has 0 radical (unpaired) electrons. The predicted octanol–water partition coefficient (Wildman–Crippen LogP) is 3.20. The van der Waals surface area contributed by atoms with Crippen molar-refractivity contribution in [2.24, 2.45) is 4.99 Å². The zero-order valence-corrected chi connectivity index (χ0v) is 17.7. The number of nitrogens with one attached hydrogen (secondary N) is 1. The normalized spacial score (nSPS) is 15.0. The van der Waals surface area contributed by atoms with Crippen molar-refractivity contribution >= 4 is 57.0 Å². The van der Waals surface area contributed by atoms with E-state index in [1.165, 1.54) is 42.2 Å². The fourth-order valence-electron chi connectivity index (χ4n) is 2.90. The second-order valence-corrected chi connectivity index (χ2v) is 8.35. The second-order valence-electron chi connectivity index (χ2n) is 6.40. The summed E-state index contributed by atoms with van der Waals surface area (Å²) in [5.41, 5.74) is 10.5. The Hall–Kier alpha value is -3.24. The molecule has 0 spiro atoms. The molecule has 0 saturated heterocycles. The van der Waals surface area contributed by atoms with Crippen LogP contribution in [-0.4, -0.2) is 44.3 Å². The minimum Gasteiger partial charge on any atom is -0.399 e. The van der Waals surface area contributed by atoms with Crippen molar-refractivity contribution in [3.63, 3.8) is 0 Å². The van der Waals surface area contributed by atoms with Gasteiger partial charge in [0.25, 0.3) is 0 Å². The number of hydrogen-bond donors (Lipinski definition) is 2. The van der Waals surface area contributed by atoms with E-state index < -0.39 is 0 Å². The van der Waals surface area contributed by atoms with Crippen LogP contribution < -0.4 is 11.1 Å². The maximum Gasteiger partial charge on any atom is 0.243 e.